The summed E-state index contributed by atoms with van der Waals surface area (Å²) in [6, 6.07) is -0.361. The van der Waals surface area contributed by atoms with Crippen LogP contribution in [0.5, 0.6) is 0 Å². The van der Waals surface area contributed by atoms with E-state index in [0.29, 0.717) is 29.9 Å². The molecule has 0 aromatic rings. The van der Waals surface area contributed by atoms with Gasteiger partial charge in [0, 0.05) is 11.2 Å². The van der Waals surface area contributed by atoms with E-state index in [0.717, 1.165) is 25.0 Å². The summed E-state index contributed by atoms with van der Waals surface area (Å²) in [5, 5.41) is 2.87. The Kier molecular flexibility index (Phi) is 3.17. The summed E-state index contributed by atoms with van der Waals surface area (Å²) in [6.45, 7) is -0.0107. The number of carbonyl (C=O) groups excluding carboxylic acids is 3. The van der Waals surface area contributed by atoms with Gasteiger partial charge in [-0.25, -0.2) is 4.79 Å². The van der Waals surface area contributed by atoms with Crippen LogP contribution in [0.1, 0.15) is 44.9 Å². The molecule has 5 nitrogen and oxygen atoms in total. The predicted molar refractivity (Wildman–Crippen MR) is 90.5 cm³/mol. The molecule has 2 saturated heterocycles. The molecule has 6 heteroatoms. The van der Waals surface area contributed by atoms with Gasteiger partial charge in [0.25, 0.3) is 5.91 Å². The molecule has 1 spiro atoms. The first kappa shape index (κ1) is 15.2. The lowest BCUT2D eigenvalue weighted by atomic mass is 9.48. The van der Waals surface area contributed by atoms with E-state index in [4.69, 9.17) is 0 Å². The first-order valence-corrected chi connectivity index (χ1v) is 10.4. The van der Waals surface area contributed by atoms with Gasteiger partial charge < -0.3 is 5.32 Å². The molecule has 2 aliphatic heterocycles. The molecule has 1 N–H and O–H groups in total. The van der Waals surface area contributed by atoms with Gasteiger partial charge in [0.05, 0.1) is 6.54 Å². The monoisotopic (exact) mass is 348 g/mol. The lowest BCUT2D eigenvalue weighted by Crippen LogP contribution is -2.53. The number of imide groups is 1. The third-order valence-corrected chi connectivity index (χ3v) is 8.39. The fourth-order valence-corrected chi connectivity index (χ4v) is 7.74. The number of Topliss-reactive ketones (excluding diaryl/α,β-unsaturated/α-hetero) is 1. The first-order chi connectivity index (χ1) is 11.5. The summed E-state index contributed by atoms with van der Waals surface area (Å²) >= 11 is 1.70. The van der Waals surface area contributed by atoms with Gasteiger partial charge in [-0.05, 0) is 68.5 Å². The normalized spacial score (nSPS) is 46.2. The van der Waals surface area contributed by atoms with Crippen molar-refractivity contribution in [3.8, 4) is 0 Å². The Morgan fingerprint density at radius 3 is 2.29 bits per heavy atom. The number of thioether (sulfide) groups is 1. The van der Waals surface area contributed by atoms with Crippen molar-refractivity contribution in [1.82, 2.24) is 10.2 Å². The third-order valence-electron chi connectivity index (χ3n) is 7.20. The van der Waals surface area contributed by atoms with Crippen molar-refractivity contribution in [2.75, 3.05) is 18.1 Å². The highest BCUT2D eigenvalue weighted by molar-refractivity contribution is 7.99. The zero-order valence-electron chi connectivity index (χ0n) is 13.9. The Hall–Kier alpha value is -1.04. The molecule has 0 aromatic heterocycles. The van der Waals surface area contributed by atoms with Crippen molar-refractivity contribution in [2.45, 2.75) is 50.5 Å². The first-order valence-electron chi connectivity index (χ1n) is 9.25. The van der Waals surface area contributed by atoms with Crippen LogP contribution >= 0.6 is 11.8 Å². The van der Waals surface area contributed by atoms with E-state index in [9.17, 15) is 14.4 Å². The number of ketones is 1. The van der Waals surface area contributed by atoms with Gasteiger partial charge in [-0.2, -0.15) is 11.8 Å². The van der Waals surface area contributed by atoms with E-state index in [2.05, 4.69) is 5.32 Å². The topological polar surface area (TPSA) is 66.5 Å². The van der Waals surface area contributed by atoms with Crippen molar-refractivity contribution in [3.05, 3.63) is 0 Å². The average Bonchev–Trinajstić information content (AvgIpc) is 3.07. The molecule has 0 aromatic carbocycles. The molecule has 6 rings (SSSR count). The largest absolute Gasteiger partial charge is 0.325 e. The standard InChI is InChI=1S/C18H24N2O3S/c21-14(17-6-11-3-12(7-17)5-13(4-11)8-17)9-20-15(22)18(19-16(20)23)1-2-24-10-18/h11-13H,1-10H2,(H,19,23). The highest BCUT2D eigenvalue weighted by Crippen LogP contribution is 2.60. The van der Waals surface area contributed by atoms with Gasteiger partial charge in [0.1, 0.15) is 5.54 Å². The predicted octanol–water partition coefficient (Wildman–Crippen LogP) is 2.20. The van der Waals surface area contributed by atoms with E-state index in [1.807, 2.05) is 0 Å². The molecule has 24 heavy (non-hydrogen) atoms. The molecule has 3 amide bonds. The van der Waals surface area contributed by atoms with E-state index in [-0.39, 0.29) is 29.7 Å². The molecular formula is C18H24N2O3S. The summed E-state index contributed by atoms with van der Waals surface area (Å²) in [5.74, 6) is 3.59. The quantitative estimate of drug-likeness (QED) is 0.794. The van der Waals surface area contributed by atoms with Crippen LogP contribution in [-0.2, 0) is 9.59 Å². The van der Waals surface area contributed by atoms with Gasteiger partial charge in [-0.3, -0.25) is 14.5 Å². The Balaban J connectivity index is 1.35. The van der Waals surface area contributed by atoms with Gasteiger partial charge >= 0.3 is 6.03 Å². The lowest BCUT2D eigenvalue weighted by molar-refractivity contribution is -0.147. The van der Waals surface area contributed by atoms with Gasteiger partial charge in [-0.1, -0.05) is 0 Å². The van der Waals surface area contributed by atoms with Crippen LogP contribution in [0.25, 0.3) is 0 Å². The second-order valence-corrected chi connectivity index (χ2v) is 9.93. The van der Waals surface area contributed by atoms with E-state index < -0.39 is 5.54 Å². The van der Waals surface area contributed by atoms with Crippen molar-refractivity contribution >= 4 is 29.5 Å². The number of carbonyl (C=O) groups is 3. The van der Waals surface area contributed by atoms with Crippen molar-refractivity contribution < 1.29 is 14.4 Å². The maximum Gasteiger partial charge on any atom is 0.325 e. The fraction of sp³-hybridized carbons (Fsp3) is 0.833. The Bertz CT molecular complexity index is 590. The van der Waals surface area contributed by atoms with Crippen molar-refractivity contribution in [3.63, 3.8) is 0 Å². The van der Waals surface area contributed by atoms with Gasteiger partial charge in [0.2, 0.25) is 0 Å². The molecule has 4 aliphatic carbocycles. The van der Waals surface area contributed by atoms with Crippen LogP contribution in [0.2, 0.25) is 0 Å². The summed E-state index contributed by atoms with van der Waals surface area (Å²) in [6.07, 6.45) is 7.51. The average molecular weight is 348 g/mol. The molecule has 1 unspecified atom stereocenters. The van der Waals surface area contributed by atoms with Crippen LogP contribution in [0.15, 0.2) is 0 Å². The van der Waals surface area contributed by atoms with Crippen LogP contribution in [-0.4, -0.2) is 46.2 Å². The Morgan fingerprint density at radius 2 is 1.75 bits per heavy atom. The molecule has 1 atom stereocenters. The number of urea groups is 1. The smallest absolute Gasteiger partial charge is 0.322 e. The summed E-state index contributed by atoms with van der Waals surface area (Å²) in [7, 11) is 0. The lowest BCUT2D eigenvalue weighted by Gasteiger charge is -2.56. The van der Waals surface area contributed by atoms with Crippen molar-refractivity contribution in [2.24, 2.45) is 23.2 Å². The number of hydrogen-bond donors (Lipinski definition) is 1. The number of nitrogens with zero attached hydrogens (tertiary/aromatic N) is 1. The van der Waals surface area contributed by atoms with Crippen LogP contribution < -0.4 is 5.32 Å². The summed E-state index contributed by atoms with van der Waals surface area (Å²) in [4.78, 5) is 39.5. The zero-order valence-corrected chi connectivity index (χ0v) is 14.7. The molecule has 6 fully saturated rings. The second-order valence-electron chi connectivity index (χ2n) is 8.83. The number of nitrogens with one attached hydrogen (secondary N) is 1. The summed E-state index contributed by atoms with van der Waals surface area (Å²) < 4.78 is 0. The summed E-state index contributed by atoms with van der Waals surface area (Å²) in [5.41, 5.74) is -0.973. The van der Waals surface area contributed by atoms with E-state index in [1.54, 1.807) is 11.8 Å². The fourth-order valence-electron chi connectivity index (χ4n) is 6.42. The number of amides is 3. The highest BCUT2D eigenvalue weighted by Gasteiger charge is 2.57. The second kappa shape index (κ2) is 4.99. The SMILES string of the molecule is O=C1NC2(CCSC2)C(=O)N1CC(=O)C12CC3CC(CC(C3)C1)C2. The number of hydrogen-bond acceptors (Lipinski definition) is 4. The molecule has 0 radical (unpaired) electrons. The molecule has 6 aliphatic rings. The van der Waals surface area contributed by atoms with Crippen LogP contribution in [0.3, 0.4) is 0 Å². The molecule has 4 saturated carbocycles. The molecular weight excluding hydrogens is 324 g/mol. The maximum absolute atomic E-state index is 13.2. The highest BCUT2D eigenvalue weighted by atomic mass is 32.2. The van der Waals surface area contributed by atoms with E-state index in [1.165, 1.54) is 24.2 Å². The Morgan fingerprint density at radius 1 is 1.12 bits per heavy atom. The minimum absolute atomic E-state index is 0.0107. The van der Waals surface area contributed by atoms with Crippen LogP contribution in [0.4, 0.5) is 4.79 Å². The number of rotatable bonds is 3. The van der Waals surface area contributed by atoms with E-state index >= 15 is 0 Å². The zero-order chi connectivity index (χ0) is 16.5. The molecule has 2 heterocycles. The maximum atomic E-state index is 13.2. The van der Waals surface area contributed by atoms with Gasteiger partial charge in [0.15, 0.2) is 5.78 Å². The van der Waals surface area contributed by atoms with Gasteiger partial charge in [-0.15, -0.1) is 0 Å². The van der Waals surface area contributed by atoms with Crippen LogP contribution in [0, 0.1) is 23.2 Å². The van der Waals surface area contributed by atoms with Crippen molar-refractivity contribution in [1.29, 1.82) is 0 Å². The minimum Gasteiger partial charge on any atom is -0.322 e. The Labute approximate surface area is 146 Å². The minimum atomic E-state index is -0.733. The molecule has 4 bridgehead atoms. The molecule has 130 valence electrons. The third kappa shape index (κ3) is 2.04.